The molecule has 4 rings (SSSR count). The van der Waals surface area contributed by atoms with Gasteiger partial charge in [-0.3, -0.25) is 0 Å². The molecule has 2 fully saturated rings. The van der Waals surface area contributed by atoms with Crippen LogP contribution in [0, 0.1) is 23.7 Å². The summed E-state index contributed by atoms with van der Waals surface area (Å²) in [5.74, 6) is 1.78. The van der Waals surface area contributed by atoms with Crippen molar-refractivity contribution in [1.29, 1.82) is 0 Å². The Balaban J connectivity index is 1.22. The summed E-state index contributed by atoms with van der Waals surface area (Å²) in [7, 11) is -3.50. The minimum atomic E-state index is -3.50. The molecular weight excluding hydrogens is 514 g/mol. The van der Waals surface area contributed by atoms with Gasteiger partial charge in [0, 0.05) is 11.0 Å². The van der Waals surface area contributed by atoms with Crippen LogP contribution < -0.4 is 4.72 Å². The molecule has 2 saturated carbocycles. The van der Waals surface area contributed by atoms with E-state index in [4.69, 9.17) is 4.74 Å². The molecule has 4 atom stereocenters. The highest BCUT2D eigenvalue weighted by Gasteiger charge is 2.46. The Morgan fingerprint density at radius 3 is 2.53 bits per heavy atom. The summed E-state index contributed by atoms with van der Waals surface area (Å²) >= 11 is 3.35. The minimum Gasteiger partial charge on any atom is -0.462 e. The van der Waals surface area contributed by atoms with E-state index in [1.807, 2.05) is 18.2 Å². The number of hydrogen-bond acceptors (Lipinski definition) is 4. The number of ether oxygens (including phenoxy) is 1. The van der Waals surface area contributed by atoms with Crippen LogP contribution in [0.2, 0.25) is 0 Å². The highest BCUT2D eigenvalue weighted by atomic mass is 79.9. The highest BCUT2D eigenvalue weighted by molar-refractivity contribution is 9.10. The van der Waals surface area contributed by atoms with Crippen LogP contribution in [0.25, 0.3) is 0 Å². The second kappa shape index (κ2) is 11.6. The van der Waals surface area contributed by atoms with Crippen molar-refractivity contribution in [3.8, 4) is 0 Å². The molecule has 0 spiro atoms. The largest absolute Gasteiger partial charge is 0.462 e. The molecule has 0 saturated heterocycles. The third kappa shape index (κ3) is 6.37. The molecule has 0 heterocycles. The van der Waals surface area contributed by atoms with Crippen LogP contribution in [-0.2, 0) is 14.8 Å². The number of benzene rings is 2. The zero-order chi connectivity index (χ0) is 24.0. The van der Waals surface area contributed by atoms with Crippen LogP contribution in [0.15, 0.2) is 76.1 Å². The number of sulfonamides is 1. The van der Waals surface area contributed by atoms with Gasteiger partial charge in [-0.15, -0.1) is 0 Å². The van der Waals surface area contributed by atoms with E-state index in [1.165, 1.54) is 19.3 Å². The highest BCUT2D eigenvalue weighted by Crippen LogP contribution is 2.52. The third-order valence-electron chi connectivity index (χ3n) is 7.16. The van der Waals surface area contributed by atoms with Gasteiger partial charge in [-0.25, -0.2) is 17.9 Å². The van der Waals surface area contributed by atoms with Crippen LogP contribution in [0.3, 0.4) is 0 Å². The molecule has 2 aromatic carbocycles. The molecule has 7 heteroatoms. The van der Waals surface area contributed by atoms with Gasteiger partial charge in [0.05, 0.1) is 17.1 Å². The summed E-state index contributed by atoms with van der Waals surface area (Å²) in [5, 5.41) is 0. The summed E-state index contributed by atoms with van der Waals surface area (Å²) in [5.41, 5.74) is 0.584. The number of nitrogens with one attached hydrogen (secondary N) is 1. The quantitative estimate of drug-likeness (QED) is 0.214. The number of fused-ring (bicyclic) bond motifs is 2. The average molecular weight is 547 g/mol. The molecule has 2 aromatic rings. The van der Waals surface area contributed by atoms with Gasteiger partial charge in [0.2, 0.25) is 10.0 Å². The van der Waals surface area contributed by atoms with E-state index in [2.05, 4.69) is 32.8 Å². The van der Waals surface area contributed by atoms with E-state index in [1.54, 1.807) is 36.4 Å². The molecule has 34 heavy (non-hydrogen) atoms. The van der Waals surface area contributed by atoms with Crippen molar-refractivity contribution in [2.75, 3.05) is 13.2 Å². The van der Waals surface area contributed by atoms with Gasteiger partial charge in [0.25, 0.3) is 0 Å². The van der Waals surface area contributed by atoms with E-state index in [0.717, 1.165) is 23.7 Å². The summed E-state index contributed by atoms with van der Waals surface area (Å²) in [6.07, 6.45) is 10.9. The summed E-state index contributed by atoms with van der Waals surface area (Å²) in [6, 6.07) is 15.8. The van der Waals surface area contributed by atoms with Crippen molar-refractivity contribution < 1.29 is 17.9 Å². The Morgan fingerprint density at radius 2 is 1.76 bits per heavy atom. The van der Waals surface area contributed by atoms with Gasteiger partial charge < -0.3 is 4.74 Å². The first-order chi connectivity index (χ1) is 16.4. The maximum atomic E-state index is 12.7. The Morgan fingerprint density at radius 1 is 1.03 bits per heavy atom. The molecule has 4 unspecified atom stereocenters. The maximum absolute atomic E-state index is 12.7. The van der Waals surface area contributed by atoms with Crippen LogP contribution in [-0.4, -0.2) is 27.5 Å². The van der Waals surface area contributed by atoms with Crippen molar-refractivity contribution in [3.05, 3.63) is 76.8 Å². The molecule has 0 radical (unpaired) electrons. The summed E-state index contributed by atoms with van der Waals surface area (Å²) in [4.78, 5) is 12.3. The summed E-state index contributed by atoms with van der Waals surface area (Å²) < 4.78 is 34.5. The smallest absolute Gasteiger partial charge is 0.338 e. The molecule has 1 N–H and O–H groups in total. The zero-order valence-corrected chi connectivity index (χ0v) is 21.6. The molecule has 2 bridgehead atoms. The van der Waals surface area contributed by atoms with Crippen molar-refractivity contribution in [1.82, 2.24) is 4.72 Å². The first kappa shape index (κ1) is 25.1. The standard InChI is InChI=1S/C27H32BrNO4S/c28-23-13-15-24(16-14-23)34(31,32)29-19-26-22-12-11-21(18-22)25(26)10-6-1-2-7-17-33-27(30)20-8-4-3-5-9-20/h3-6,8-10,13-16,21-22,25-26,29H,1-2,7,11-12,17-19H2/b10-6-. The Labute approximate surface area is 211 Å². The second-order valence-corrected chi connectivity index (χ2v) is 12.0. The molecule has 0 aromatic heterocycles. The Bertz CT molecular complexity index is 1090. The first-order valence-electron chi connectivity index (χ1n) is 12.1. The average Bonchev–Trinajstić information content (AvgIpc) is 3.45. The van der Waals surface area contributed by atoms with Crippen molar-refractivity contribution in [2.45, 2.75) is 43.4 Å². The fourth-order valence-electron chi connectivity index (χ4n) is 5.40. The number of esters is 1. The lowest BCUT2D eigenvalue weighted by molar-refractivity contribution is 0.0498. The molecule has 182 valence electrons. The van der Waals surface area contributed by atoms with Gasteiger partial charge >= 0.3 is 5.97 Å². The molecule has 0 aliphatic heterocycles. The van der Waals surface area contributed by atoms with E-state index in [9.17, 15) is 13.2 Å². The molecule has 2 aliphatic rings. The van der Waals surface area contributed by atoms with Crippen molar-refractivity contribution >= 4 is 31.9 Å². The number of allylic oxidation sites excluding steroid dienone is 2. The maximum Gasteiger partial charge on any atom is 0.338 e. The SMILES string of the molecule is O=C(OCCCC/C=C\C1C2CCC(C2)C1CNS(=O)(=O)c1ccc(Br)cc1)c1ccccc1. The number of hydrogen-bond donors (Lipinski definition) is 1. The number of rotatable bonds is 11. The molecule has 0 amide bonds. The van der Waals surface area contributed by atoms with E-state index >= 15 is 0 Å². The second-order valence-electron chi connectivity index (χ2n) is 9.31. The molecule has 2 aliphatic carbocycles. The molecular formula is C27H32BrNO4S. The predicted molar refractivity (Wildman–Crippen MR) is 137 cm³/mol. The Kier molecular flexibility index (Phi) is 8.61. The lowest BCUT2D eigenvalue weighted by atomic mass is 9.79. The topological polar surface area (TPSA) is 72.5 Å². The van der Waals surface area contributed by atoms with Crippen LogP contribution in [0.1, 0.15) is 48.9 Å². The predicted octanol–water partition coefficient (Wildman–Crippen LogP) is 5.97. The zero-order valence-electron chi connectivity index (χ0n) is 19.2. The fraction of sp³-hybridized carbons (Fsp3) is 0.444. The molecule has 5 nitrogen and oxygen atoms in total. The lowest BCUT2D eigenvalue weighted by Crippen LogP contribution is -2.35. The van der Waals surface area contributed by atoms with Crippen LogP contribution >= 0.6 is 15.9 Å². The van der Waals surface area contributed by atoms with Gasteiger partial charge in [0.15, 0.2) is 0 Å². The normalized spacial score (nSPS) is 24.0. The fourth-order valence-corrected chi connectivity index (χ4v) is 6.74. The number of unbranched alkanes of at least 4 members (excludes halogenated alkanes) is 2. The van der Waals surface area contributed by atoms with Gasteiger partial charge in [0.1, 0.15) is 0 Å². The van der Waals surface area contributed by atoms with Gasteiger partial charge in [-0.05, 0) is 98.6 Å². The van der Waals surface area contributed by atoms with E-state index in [0.29, 0.717) is 47.3 Å². The van der Waals surface area contributed by atoms with Gasteiger partial charge in [-0.2, -0.15) is 0 Å². The number of carbonyl (C=O) groups excluding carboxylic acids is 1. The van der Waals surface area contributed by atoms with Crippen molar-refractivity contribution in [2.24, 2.45) is 23.7 Å². The van der Waals surface area contributed by atoms with Crippen LogP contribution in [0.5, 0.6) is 0 Å². The third-order valence-corrected chi connectivity index (χ3v) is 9.13. The van der Waals surface area contributed by atoms with E-state index in [-0.39, 0.29) is 5.97 Å². The number of halogens is 1. The van der Waals surface area contributed by atoms with E-state index < -0.39 is 10.0 Å². The summed E-state index contributed by atoms with van der Waals surface area (Å²) in [6.45, 7) is 0.917. The van der Waals surface area contributed by atoms with Crippen LogP contribution in [0.4, 0.5) is 0 Å². The lowest BCUT2D eigenvalue weighted by Gasteiger charge is -2.29. The van der Waals surface area contributed by atoms with Gasteiger partial charge in [-0.1, -0.05) is 46.3 Å². The van der Waals surface area contributed by atoms with Crippen molar-refractivity contribution in [3.63, 3.8) is 0 Å². The Hall–Kier alpha value is -1.96. The number of carbonyl (C=O) groups is 1. The first-order valence-corrected chi connectivity index (χ1v) is 14.4. The minimum absolute atomic E-state index is 0.272. The monoisotopic (exact) mass is 545 g/mol.